The molecule has 306 valence electrons. The molecule has 2 amide bonds. The van der Waals surface area contributed by atoms with Crippen molar-refractivity contribution >= 4 is 64.3 Å². The summed E-state index contributed by atoms with van der Waals surface area (Å²) in [6.45, 7) is 2.17. The lowest BCUT2D eigenvalue weighted by Gasteiger charge is -2.46. The smallest absolute Gasteiger partial charge is 0.371 e. The number of amides is 2. The summed E-state index contributed by atoms with van der Waals surface area (Å²) in [5.74, 6) is -6.45. The van der Waals surface area contributed by atoms with Crippen molar-refractivity contribution in [3.05, 3.63) is 110 Å². The maximum Gasteiger partial charge on any atom is 0.371 e. The number of likely N-dealkylation sites (tertiary alicyclic amines) is 1. The quantitative estimate of drug-likeness (QED) is 0.0503. The molecule has 3 aromatic carbocycles. The lowest BCUT2D eigenvalue weighted by Crippen LogP contribution is -2.71. The summed E-state index contributed by atoms with van der Waals surface area (Å²) < 4.78 is 27.3. The van der Waals surface area contributed by atoms with E-state index in [-0.39, 0.29) is 45.6 Å². The van der Waals surface area contributed by atoms with Crippen LogP contribution in [0.3, 0.4) is 0 Å². The van der Waals surface area contributed by atoms with Crippen molar-refractivity contribution in [1.29, 1.82) is 0 Å². The minimum atomic E-state index is -1.47. The summed E-state index contributed by atoms with van der Waals surface area (Å²) in [5.41, 5.74) is 3.57. The van der Waals surface area contributed by atoms with E-state index < -0.39 is 99.8 Å². The Morgan fingerprint density at radius 2 is 1.39 bits per heavy atom. The van der Waals surface area contributed by atoms with Gasteiger partial charge in [-0.3, -0.25) is 19.2 Å². The maximum absolute atomic E-state index is 14.2. The molecule has 18 nitrogen and oxygen atoms in total. The largest absolute Gasteiger partial charge is 0.508 e. The minimum absolute atomic E-state index is 0.0194. The number of fused-ring (bicyclic) bond motifs is 3. The van der Waals surface area contributed by atoms with Crippen LogP contribution in [0.1, 0.15) is 53.0 Å². The van der Waals surface area contributed by atoms with Crippen molar-refractivity contribution in [1.82, 2.24) is 10.2 Å². The molecule has 59 heavy (non-hydrogen) atoms. The van der Waals surface area contributed by atoms with Gasteiger partial charge in [-0.2, -0.15) is 12.6 Å². The van der Waals surface area contributed by atoms with Gasteiger partial charge >= 0.3 is 17.9 Å². The fraction of sp³-hybridized carbons (Fsp3) is 0.275. The predicted octanol–water partition coefficient (Wildman–Crippen LogP) is 2.62. The van der Waals surface area contributed by atoms with Gasteiger partial charge in [-0.15, -0.1) is 0 Å². The van der Waals surface area contributed by atoms with E-state index >= 15 is 0 Å². The molecule has 1 saturated heterocycles. The minimum Gasteiger partial charge on any atom is -0.508 e. The number of phenols is 1. The molecule has 1 saturated carbocycles. The molecular formula is C40H35N3O15S. The zero-order chi connectivity index (χ0) is 42.6. The van der Waals surface area contributed by atoms with Crippen LogP contribution in [0.15, 0.2) is 91.2 Å². The molecule has 2 aromatic heterocycles. The van der Waals surface area contributed by atoms with Gasteiger partial charge < -0.3 is 54.3 Å². The molecule has 3 heterocycles. The Bertz CT molecular complexity index is 2560. The number of benzene rings is 3. The second-order valence-corrected chi connectivity index (χ2v) is 15.7. The van der Waals surface area contributed by atoms with Gasteiger partial charge in [0.05, 0.1) is 6.04 Å². The Kier molecular flexibility index (Phi) is 10.4. The zero-order valence-corrected chi connectivity index (χ0v) is 32.0. The van der Waals surface area contributed by atoms with Gasteiger partial charge in [-0.1, -0.05) is 24.3 Å². The number of aromatic hydroxyl groups is 1. The molecule has 0 bridgehead atoms. The highest BCUT2D eigenvalue weighted by Gasteiger charge is 2.77. The van der Waals surface area contributed by atoms with Gasteiger partial charge in [0.2, 0.25) is 17.4 Å². The van der Waals surface area contributed by atoms with Crippen LogP contribution in [0.5, 0.6) is 17.2 Å². The van der Waals surface area contributed by atoms with Crippen LogP contribution in [-0.4, -0.2) is 91.6 Å². The van der Waals surface area contributed by atoms with Crippen molar-refractivity contribution in [2.45, 2.75) is 54.8 Å². The van der Waals surface area contributed by atoms with Crippen LogP contribution in [0.25, 0.3) is 21.9 Å². The lowest BCUT2D eigenvalue weighted by atomic mass is 9.94. The summed E-state index contributed by atoms with van der Waals surface area (Å²) in [5, 5.41) is 30.8. The van der Waals surface area contributed by atoms with E-state index in [1.165, 1.54) is 65.6 Å². The number of hydrogen-bond donors (Lipinski definition) is 6. The number of carboxylic acid groups (broad SMARTS) is 2. The van der Waals surface area contributed by atoms with Crippen molar-refractivity contribution in [3.8, 4) is 17.2 Å². The van der Waals surface area contributed by atoms with E-state index in [1.807, 2.05) is 0 Å². The molecule has 7 rings (SSSR count). The fourth-order valence-electron chi connectivity index (χ4n) is 6.99. The lowest BCUT2D eigenvalue weighted by molar-refractivity contribution is -0.170. The number of nitrogens with one attached hydrogen (secondary N) is 1. The van der Waals surface area contributed by atoms with Gasteiger partial charge in [-0.05, 0) is 55.8 Å². The SMILES string of the molecule is CC(C)(S)[C@H](C(=O)OC(COc1cccc2oc(C(=O)O)cc(=O)c12)COc1cccc2oc(C(=O)O)cc(=O)c12)N1C(=O)[C@]2(NC(=O)[C@H](N)c3ccc(O)cc3)C[C@@H]12. The molecule has 6 N–H and O–H groups in total. The second-order valence-electron chi connectivity index (χ2n) is 14.5. The third-order valence-electron chi connectivity index (χ3n) is 9.91. The van der Waals surface area contributed by atoms with Gasteiger partial charge in [0.25, 0.3) is 5.91 Å². The van der Waals surface area contributed by atoms with Gasteiger partial charge in [-0.25, -0.2) is 14.4 Å². The molecule has 5 aromatic rings. The highest BCUT2D eigenvalue weighted by molar-refractivity contribution is 7.81. The third-order valence-corrected chi connectivity index (χ3v) is 10.2. The van der Waals surface area contributed by atoms with E-state index in [1.54, 1.807) is 13.8 Å². The molecule has 0 spiro atoms. The first-order chi connectivity index (χ1) is 27.9. The number of ether oxygens (including phenoxy) is 3. The number of rotatable bonds is 15. The molecular weight excluding hydrogens is 795 g/mol. The van der Waals surface area contributed by atoms with Crippen LogP contribution in [0, 0.1) is 0 Å². The van der Waals surface area contributed by atoms with Crippen molar-refractivity contribution < 1.29 is 62.3 Å². The summed E-state index contributed by atoms with van der Waals surface area (Å²) >= 11 is 4.63. The zero-order valence-electron chi connectivity index (χ0n) is 31.1. The monoisotopic (exact) mass is 829 g/mol. The van der Waals surface area contributed by atoms with Crippen LogP contribution >= 0.6 is 12.6 Å². The van der Waals surface area contributed by atoms with Crippen molar-refractivity contribution in [2.75, 3.05) is 13.2 Å². The number of nitrogens with two attached hydrogens (primary N) is 1. The third kappa shape index (κ3) is 7.64. The van der Waals surface area contributed by atoms with Crippen molar-refractivity contribution in [2.24, 2.45) is 5.73 Å². The average Bonchev–Trinajstić information content (AvgIpc) is 3.84. The maximum atomic E-state index is 14.2. The first-order valence-corrected chi connectivity index (χ1v) is 18.3. The molecule has 0 radical (unpaired) electrons. The number of nitrogens with zero attached hydrogens (tertiary/aromatic N) is 1. The number of esters is 1. The van der Waals surface area contributed by atoms with E-state index in [2.05, 4.69) is 17.9 Å². The number of phenolic OH excluding ortho intramolecular Hbond substituents is 1. The first kappa shape index (κ1) is 40.3. The number of hydrogen-bond acceptors (Lipinski definition) is 15. The Hall–Kier alpha value is -6.86. The number of carbonyl (C=O) groups excluding carboxylic acids is 3. The predicted molar refractivity (Wildman–Crippen MR) is 208 cm³/mol. The van der Waals surface area contributed by atoms with E-state index in [9.17, 15) is 48.9 Å². The van der Waals surface area contributed by atoms with Crippen LogP contribution in [0.2, 0.25) is 0 Å². The highest BCUT2D eigenvalue weighted by Crippen LogP contribution is 2.54. The fourth-order valence-corrected chi connectivity index (χ4v) is 7.22. The molecule has 19 heteroatoms. The van der Waals surface area contributed by atoms with Gasteiger partial charge in [0, 0.05) is 23.3 Å². The Morgan fingerprint density at radius 1 is 0.881 bits per heavy atom. The standard InChI is InChI=1S/C40H35N3O15S/c1-39(2,59)33(43-29-15-40(29,38(43)53)42-34(47)32(41)18-9-11-19(44)12-10-18)37(52)56-20(16-54-23-5-3-7-25-30(23)21(45)13-27(57-25)35(48)49)17-55-24-6-4-8-26-31(24)22(46)14-28(58-26)36(50)51/h3-14,20,29,32-33,44,59H,15-17,41H2,1-2H3,(H,42,47)(H,48,49)(H,50,51)/t29-,32-,33+,40+/m1/s1. The number of carbonyl (C=O) groups is 5. The second kappa shape index (κ2) is 15.1. The molecule has 4 atom stereocenters. The van der Waals surface area contributed by atoms with Gasteiger partial charge in [0.15, 0.2) is 17.0 Å². The summed E-state index contributed by atoms with van der Waals surface area (Å²) in [7, 11) is 0. The molecule has 2 fully saturated rings. The van der Waals surface area contributed by atoms with Crippen LogP contribution in [0.4, 0.5) is 0 Å². The van der Waals surface area contributed by atoms with Gasteiger partial charge in [0.1, 0.15) is 70.0 Å². The van der Waals surface area contributed by atoms with Crippen LogP contribution < -0.4 is 31.4 Å². The Morgan fingerprint density at radius 3 is 1.85 bits per heavy atom. The first-order valence-electron chi connectivity index (χ1n) is 17.9. The molecule has 1 aliphatic carbocycles. The summed E-state index contributed by atoms with van der Waals surface area (Å²) in [6, 6.07) is 12.6. The topological polar surface area (TPSA) is 275 Å². The Labute approximate surface area is 337 Å². The number of aromatic carboxylic acids is 2. The number of β-lactam (4-membered cyclic amide) rings is 1. The highest BCUT2D eigenvalue weighted by atomic mass is 32.1. The average molecular weight is 830 g/mol. The molecule has 1 aliphatic heterocycles. The number of thiol groups is 1. The van der Waals surface area contributed by atoms with Crippen molar-refractivity contribution in [3.63, 3.8) is 0 Å². The number of carboxylic acids is 2. The Balaban J connectivity index is 1.14. The normalized spacial score (nSPS) is 18.1. The summed E-state index contributed by atoms with van der Waals surface area (Å²) in [4.78, 5) is 91.4. The van der Waals surface area contributed by atoms with Crippen LogP contribution in [-0.2, 0) is 19.1 Å². The summed E-state index contributed by atoms with van der Waals surface area (Å²) in [6.07, 6.45) is -1.17. The van der Waals surface area contributed by atoms with E-state index in [0.29, 0.717) is 5.56 Å². The molecule has 0 unspecified atom stereocenters. The molecule has 2 aliphatic rings. The van der Waals surface area contributed by atoms with E-state index in [0.717, 1.165) is 12.1 Å². The van der Waals surface area contributed by atoms with E-state index in [4.69, 9.17) is 28.8 Å².